The number of rotatable bonds is 5. The van der Waals surface area contributed by atoms with E-state index in [0.717, 1.165) is 5.69 Å². The molecule has 0 saturated carbocycles. The summed E-state index contributed by atoms with van der Waals surface area (Å²) in [5.74, 6) is -0.516. The first-order chi connectivity index (χ1) is 12.1. The van der Waals surface area contributed by atoms with E-state index in [1.54, 1.807) is 23.4 Å². The summed E-state index contributed by atoms with van der Waals surface area (Å²) < 4.78 is 14.5. The summed E-state index contributed by atoms with van der Waals surface area (Å²) in [4.78, 5) is 18.5. The van der Waals surface area contributed by atoms with Gasteiger partial charge in [0.2, 0.25) is 0 Å². The predicted octanol–water partition coefficient (Wildman–Crippen LogP) is 4.29. The van der Waals surface area contributed by atoms with Crippen molar-refractivity contribution in [2.45, 2.75) is 13.5 Å². The van der Waals surface area contributed by atoms with Gasteiger partial charge in [0.25, 0.3) is 5.91 Å². The van der Waals surface area contributed by atoms with Crippen LogP contribution in [0.1, 0.15) is 20.9 Å². The van der Waals surface area contributed by atoms with Gasteiger partial charge < -0.3 is 10.2 Å². The molecule has 0 aliphatic carbocycles. The van der Waals surface area contributed by atoms with E-state index in [-0.39, 0.29) is 18.3 Å². The molecule has 0 atom stereocenters. The number of para-hydroxylation sites is 1. The predicted molar refractivity (Wildman–Crippen MR) is 98.9 cm³/mol. The number of anilines is 2. The molecule has 0 unspecified atom stereocenters. The quantitative estimate of drug-likeness (QED) is 0.743. The fraction of sp³-hybridized carbons (Fsp3) is 0.158. The number of thiazole rings is 1. The Bertz CT molecular complexity index is 879. The van der Waals surface area contributed by atoms with E-state index in [0.29, 0.717) is 21.8 Å². The molecule has 0 aliphatic rings. The summed E-state index contributed by atoms with van der Waals surface area (Å²) in [5.41, 5.74) is 4.44. The molecule has 0 fully saturated rings. The number of nitrogens with zero attached hydrogens (tertiary/aromatic N) is 2. The Morgan fingerprint density at radius 1 is 1.24 bits per heavy atom. The number of halogens is 1. The zero-order chi connectivity index (χ0) is 17.8. The summed E-state index contributed by atoms with van der Waals surface area (Å²) in [5, 5.41) is 2.80. The number of benzene rings is 2. The topological polar surface area (TPSA) is 45.2 Å². The molecule has 1 heterocycles. The molecule has 6 heteroatoms. The standard InChI is InChI=1S/C19H18FN3OS/c1-13-18(25-12-22-13)19(24)21-11-14-8-9-17(16(20)10-14)23(2)15-6-4-3-5-7-15/h3-10,12H,11H2,1-2H3,(H,21,24). The molecule has 0 radical (unpaired) electrons. The highest BCUT2D eigenvalue weighted by Crippen LogP contribution is 2.26. The van der Waals surface area contributed by atoms with Crippen LogP contribution < -0.4 is 10.2 Å². The minimum Gasteiger partial charge on any atom is -0.347 e. The van der Waals surface area contributed by atoms with Crippen LogP contribution in [0.3, 0.4) is 0 Å². The number of aromatic nitrogens is 1. The van der Waals surface area contributed by atoms with Crippen molar-refractivity contribution in [3.05, 3.63) is 76.0 Å². The second-order valence-corrected chi connectivity index (χ2v) is 6.48. The van der Waals surface area contributed by atoms with Crippen molar-refractivity contribution in [1.82, 2.24) is 10.3 Å². The maximum atomic E-state index is 14.5. The van der Waals surface area contributed by atoms with Crippen LogP contribution >= 0.6 is 11.3 Å². The number of hydrogen-bond donors (Lipinski definition) is 1. The third-order valence-electron chi connectivity index (χ3n) is 3.92. The Balaban J connectivity index is 1.70. The average Bonchev–Trinajstić information content (AvgIpc) is 3.06. The molecule has 0 saturated heterocycles. The highest BCUT2D eigenvalue weighted by Gasteiger charge is 2.13. The van der Waals surface area contributed by atoms with Crippen LogP contribution in [0.2, 0.25) is 0 Å². The summed E-state index contributed by atoms with van der Waals surface area (Å²) in [6.07, 6.45) is 0. The molecule has 128 valence electrons. The maximum Gasteiger partial charge on any atom is 0.263 e. The summed E-state index contributed by atoms with van der Waals surface area (Å²) in [7, 11) is 1.82. The number of nitrogens with one attached hydrogen (secondary N) is 1. The van der Waals surface area contributed by atoms with Crippen LogP contribution in [0, 0.1) is 12.7 Å². The molecule has 0 aliphatic heterocycles. The summed E-state index contributed by atoms with van der Waals surface area (Å²) in [6.45, 7) is 2.06. The minimum atomic E-state index is -0.327. The van der Waals surface area contributed by atoms with Crippen LogP contribution in [-0.4, -0.2) is 17.9 Å². The molecule has 1 aromatic heterocycles. The molecular weight excluding hydrogens is 337 g/mol. The average molecular weight is 355 g/mol. The van der Waals surface area contributed by atoms with Crippen LogP contribution in [-0.2, 0) is 6.54 Å². The molecule has 1 N–H and O–H groups in total. The van der Waals surface area contributed by atoms with E-state index in [9.17, 15) is 9.18 Å². The monoisotopic (exact) mass is 355 g/mol. The van der Waals surface area contributed by atoms with Crippen LogP contribution in [0.15, 0.2) is 54.0 Å². The Morgan fingerprint density at radius 2 is 2.00 bits per heavy atom. The molecule has 0 bridgehead atoms. The third-order valence-corrected chi connectivity index (χ3v) is 4.85. The van der Waals surface area contributed by atoms with Gasteiger partial charge in [0, 0.05) is 19.3 Å². The van der Waals surface area contributed by atoms with E-state index >= 15 is 0 Å². The molecule has 4 nitrogen and oxygen atoms in total. The second kappa shape index (κ2) is 7.44. The largest absolute Gasteiger partial charge is 0.347 e. The second-order valence-electron chi connectivity index (χ2n) is 5.63. The Morgan fingerprint density at radius 3 is 2.64 bits per heavy atom. The van der Waals surface area contributed by atoms with Gasteiger partial charge in [0.1, 0.15) is 10.7 Å². The Hall–Kier alpha value is -2.73. The third kappa shape index (κ3) is 3.85. The molecule has 2 aromatic carbocycles. The van der Waals surface area contributed by atoms with E-state index < -0.39 is 0 Å². The van der Waals surface area contributed by atoms with Crippen molar-refractivity contribution in [2.75, 3.05) is 11.9 Å². The van der Waals surface area contributed by atoms with Crippen molar-refractivity contribution in [1.29, 1.82) is 0 Å². The van der Waals surface area contributed by atoms with E-state index in [1.807, 2.05) is 43.4 Å². The zero-order valence-electron chi connectivity index (χ0n) is 14.0. The highest BCUT2D eigenvalue weighted by atomic mass is 32.1. The number of hydrogen-bond acceptors (Lipinski definition) is 4. The lowest BCUT2D eigenvalue weighted by molar-refractivity contribution is 0.0954. The highest BCUT2D eigenvalue weighted by molar-refractivity contribution is 7.11. The molecule has 3 aromatic rings. The van der Waals surface area contributed by atoms with Gasteiger partial charge >= 0.3 is 0 Å². The SMILES string of the molecule is Cc1ncsc1C(=O)NCc1ccc(N(C)c2ccccc2)c(F)c1. The van der Waals surface area contributed by atoms with Gasteiger partial charge in [0.05, 0.1) is 16.9 Å². The van der Waals surface area contributed by atoms with Gasteiger partial charge in [-0.25, -0.2) is 9.37 Å². The Labute approximate surface area is 150 Å². The maximum absolute atomic E-state index is 14.5. The van der Waals surface area contributed by atoms with Crippen molar-refractivity contribution < 1.29 is 9.18 Å². The molecule has 25 heavy (non-hydrogen) atoms. The van der Waals surface area contributed by atoms with Crippen molar-refractivity contribution >= 4 is 28.6 Å². The van der Waals surface area contributed by atoms with Gasteiger partial charge in [0.15, 0.2) is 0 Å². The van der Waals surface area contributed by atoms with Gasteiger partial charge in [-0.1, -0.05) is 24.3 Å². The molecular formula is C19H18FN3OS. The summed E-state index contributed by atoms with van der Waals surface area (Å²) in [6, 6.07) is 14.6. The number of aryl methyl sites for hydroxylation is 1. The lowest BCUT2D eigenvalue weighted by Crippen LogP contribution is -2.22. The molecule has 1 amide bonds. The lowest BCUT2D eigenvalue weighted by Gasteiger charge is -2.20. The van der Waals surface area contributed by atoms with E-state index in [4.69, 9.17) is 0 Å². The van der Waals surface area contributed by atoms with Gasteiger partial charge in [-0.05, 0) is 36.8 Å². The minimum absolute atomic E-state index is 0.189. The first kappa shape index (κ1) is 17.1. The van der Waals surface area contributed by atoms with E-state index in [1.165, 1.54) is 17.4 Å². The van der Waals surface area contributed by atoms with Crippen molar-refractivity contribution in [3.8, 4) is 0 Å². The van der Waals surface area contributed by atoms with Gasteiger partial charge in [-0.3, -0.25) is 4.79 Å². The zero-order valence-corrected chi connectivity index (χ0v) is 14.8. The molecule has 0 spiro atoms. The number of carbonyl (C=O) groups is 1. The fourth-order valence-corrected chi connectivity index (χ4v) is 3.22. The first-order valence-electron chi connectivity index (χ1n) is 7.81. The summed E-state index contributed by atoms with van der Waals surface area (Å²) >= 11 is 1.30. The van der Waals surface area contributed by atoms with E-state index in [2.05, 4.69) is 10.3 Å². The Kier molecular flexibility index (Phi) is 5.09. The fourth-order valence-electron chi connectivity index (χ4n) is 2.51. The van der Waals surface area contributed by atoms with Crippen LogP contribution in [0.4, 0.5) is 15.8 Å². The van der Waals surface area contributed by atoms with Gasteiger partial charge in [-0.15, -0.1) is 11.3 Å². The molecule has 3 rings (SSSR count). The normalized spacial score (nSPS) is 10.5. The van der Waals surface area contributed by atoms with Crippen molar-refractivity contribution in [3.63, 3.8) is 0 Å². The van der Waals surface area contributed by atoms with Crippen LogP contribution in [0.5, 0.6) is 0 Å². The van der Waals surface area contributed by atoms with Crippen LogP contribution in [0.25, 0.3) is 0 Å². The lowest BCUT2D eigenvalue weighted by atomic mass is 10.1. The number of carbonyl (C=O) groups excluding carboxylic acids is 1. The number of amides is 1. The smallest absolute Gasteiger partial charge is 0.263 e. The van der Waals surface area contributed by atoms with Gasteiger partial charge in [-0.2, -0.15) is 0 Å². The first-order valence-corrected chi connectivity index (χ1v) is 8.69. The van der Waals surface area contributed by atoms with Crippen molar-refractivity contribution in [2.24, 2.45) is 0 Å².